The molecule has 0 unspecified atom stereocenters. The van der Waals surface area contributed by atoms with Gasteiger partial charge in [0, 0.05) is 32.7 Å². The van der Waals surface area contributed by atoms with E-state index in [2.05, 4.69) is 44.1 Å². The van der Waals surface area contributed by atoms with Crippen molar-refractivity contribution in [1.29, 1.82) is 0 Å². The van der Waals surface area contributed by atoms with Crippen LogP contribution >= 0.6 is 0 Å². The van der Waals surface area contributed by atoms with Crippen molar-refractivity contribution in [2.75, 3.05) is 0 Å². The molecule has 1 heterocycles. The molecule has 0 fully saturated rings. The fourth-order valence-corrected chi connectivity index (χ4v) is 1.73. The van der Waals surface area contributed by atoms with E-state index in [0.717, 1.165) is 10.9 Å². The summed E-state index contributed by atoms with van der Waals surface area (Å²) in [5.41, 5.74) is 6.39. The molecule has 2 aromatic rings. The molecule has 0 aliphatic heterocycles. The third kappa shape index (κ3) is 1.55. The number of nitrogens with zero attached hydrogens (tertiary/aromatic N) is 1. The summed E-state index contributed by atoms with van der Waals surface area (Å²) < 4.78 is 0. The molecule has 3 heteroatoms. The first-order valence-corrected chi connectivity index (χ1v) is 4.45. The molecule has 1 N–H and O–H groups in total. The Bertz CT molecular complexity index is 430. The molecule has 2 rings (SSSR count). The van der Waals surface area contributed by atoms with Crippen LogP contribution in [-0.4, -0.2) is 10.2 Å². The molecule has 0 aliphatic carbocycles. The van der Waals surface area contributed by atoms with Crippen molar-refractivity contribution >= 4 is 10.9 Å². The number of benzene rings is 1. The van der Waals surface area contributed by atoms with E-state index >= 15 is 0 Å². The molecule has 71 valence electrons. The maximum Gasteiger partial charge on any atom is 0 e. The van der Waals surface area contributed by atoms with Crippen molar-refractivity contribution in [3.05, 3.63) is 28.5 Å². The van der Waals surface area contributed by atoms with E-state index in [9.17, 15) is 0 Å². The molecule has 2 nitrogen and oxygen atoms in total. The minimum absolute atomic E-state index is 0. The van der Waals surface area contributed by atoms with E-state index in [1.165, 1.54) is 22.3 Å². The molecule has 1 aromatic heterocycles. The Kier molecular flexibility index (Phi) is 3.49. The first-order chi connectivity index (χ1) is 6.13. The Morgan fingerprint density at radius 2 is 1.50 bits per heavy atom. The number of H-pyrrole nitrogens is 1. The second kappa shape index (κ2) is 4.12. The van der Waals surface area contributed by atoms with E-state index < -0.39 is 0 Å². The number of hydrogen-bond donors (Lipinski definition) is 1. The summed E-state index contributed by atoms with van der Waals surface area (Å²) in [6.07, 6.45) is 2.99. The average molecular weight is 262 g/mol. The van der Waals surface area contributed by atoms with Crippen LogP contribution in [0, 0.1) is 33.9 Å². The fourth-order valence-electron chi connectivity index (χ4n) is 1.73. The van der Waals surface area contributed by atoms with Crippen molar-refractivity contribution in [3.63, 3.8) is 0 Å². The maximum absolute atomic E-state index is 3.96. The molecule has 1 radical (unpaired) electrons. The van der Waals surface area contributed by atoms with Crippen molar-refractivity contribution in [1.82, 2.24) is 10.2 Å². The first-order valence-electron chi connectivity index (χ1n) is 4.45. The predicted octanol–water partition coefficient (Wildman–Crippen LogP) is 2.59. The Morgan fingerprint density at radius 3 is 2.14 bits per heavy atom. The molecule has 0 bridgehead atoms. The van der Waals surface area contributed by atoms with Crippen LogP contribution in [0.4, 0.5) is 0 Å². The van der Waals surface area contributed by atoms with Gasteiger partial charge < -0.3 is 5.10 Å². The topological polar surface area (TPSA) is 28.7 Å². The van der Waals surface area contributed by atoms with Gasteiger partial charge in [0.25, 0.3) is 0 Å². The minimum atomic E-state index is 0. The fraction of sp³-hybridized carbons (Fsp3) is 0.364. The van der Waals surface area contributed by atoms with Gasteiger partial charge in [0.15, 0.2) is 0 Å². The molecule has 0 aliphatic rings. The van der Waals surface area contributed by atoms with Gasteiger partial charge in [-0.15, -0.1) is 16.5 Å². The summed E-state index contributed by atoms with van der Waals surface area (Å²) in [5, 5.41) is 8.07. The van der Waals surface area contributed by atoms with Crippen LogP contribution in [-0.2, 0) is 32.7 Å². The van der Waals surface area contributed by atoms with Crippen LogP contribution in [0.5, 0.6) is 0 Å². The first kappa shape index (κ1) is 11.9. The van der Waals surface area contributed by atoms with E-state index in [0.29, 0.717) is 0 Å². The van der Waals surface area contributed by atoms with Gasteiger partial charge in [-0.05, 0) is 25.6 Å². The minimum Gasteiger partial charge on any atom is -0.344 e. The Morgan fingerprint density at radius 1 is 0.929 bits per heavy atom. The molecular formula is C11H13N2Y-. The number of rotatable bonds is 0. The number of hydrogen-bond acceptors (Lipinski definition) is 1. The van der Waals surface area contributed by atoms with Crippen molar-refractivity contribution in [2.45, 2.75) is 27.7 Å². The Labute approximate surface area is 109 Å². The van der Waals surface area contributed by atoms with Crippen LogP contribution in [0.1, 0.15) is 22.3 Å². The van der Waals surface area contributed by atoms with Crippen LogP contribution < -0.4 is 0 Å². The van der Waals surface area contributed by atoms with Crippen LogP contribution in [0.2, 0.25) is 0 Å². The van der Waals surface area contributed by atoms with E-state index in [1.807, 2.05) is 0 Å². The number of aromatic amines is 1. The number of aromatic nitrogens is 2. The summed E-state index contributed by atoms with van der Waals surface area (Å²) in [6.45, 7) is 8.54. The molecule has 0 spiro atoms. The third-order valence-corrected chi connectivity index (χ3v) is 3.02. The quantitative estimate of drug-likeness (QED) is 0.726. The van der Waals surface area contributed by atoms with Gasteiger partial charge in [-0.3, -0.25) is 5.10 Å². The molecular weight excluding hydrogens is 249 g/mol. The van der Waals surface area contributed by atoms with Gasteiger partial charge in [-0.25, -0.2) is 0 Å². The van der Waals surface area contributed by atoms with Crippen LogP contribution in [0.3, 0.4) is 0 Å². The monoisotopic (exact) mass is 262 g/mol. The molecule has 0 saturated heterocycles. The van der Waals surface area contributed by atoms with Crippen molar-refractivity contribution < 1.29 is 32.7 Å². The summed E-state index contributed by atoms with van der Waals surface area (Å²) in [5.74, 6) is 0. The smallest absolute Gasteiger partial charge is 0 e. The van der Waals surface area contributed by atoms with Gasteiger partial charge >= 0.3 is 0 Å². The van der Waals surface area contributed by atoms with Gasteiger partial charge in [-0.1, -0.05) is 25.0 Å². The van der Waals surface area contributed by atoms with Gasteiger partial charge in [-0.2, -0.15) is 0 Å². The Balaban J connectivity index is 0.000000980. The Hall–Kier alpha value is -0.206. The standard InChI is InChI=1S/C11H13N2.Y/c1-6-7(2)9(4)11-10(8(6)3)5-12-13-11;/h1-4H3,(H,12,13);/q-1;. The van der Waals surface area contributed by atoms with Crippen LogP contribution in [0.15, 0.2) is 0 Å². The zero-order chi connectivity index (χ0) is 9.59. The van der Waals surface area contributed by atoms with Crippen molar-refractivity contribution in [2.24, 2.45) is 0 Å². The van der Waals surface area contributed by atoms with Crippen molar-refractivity contribution in [3.8, 4) is 0 Å². The van der Waals surface area contributed by atoms with E-state index in [4.69, 9.17) is 0 Å². The predicted molar refractivity (Wildman–Crippen MR) is 53.9 cm³/mol. The largest absolute Gasteiger partial charge is 0.344 e. The summed E-state index contributed by atoms with van der Waals surface area (Å²) in [6, 6.07) is 0. The number of nitrogens with one attached hydrogen (secondary N) is 1. The second-order valence-electron chi connectivity index (χ2n) is 3.59. The SMILES string of the molecule is Cc1c(C)c(C)c2[nH]n[c-]c2c1C.[Y]. The summed E-state index contributed by atoms with van der Waals surface area (Å²) in [7, 11) is 0. The third-order valence-electron chi connectivity index (χ3n) is 3.02. The van der Waals surface area contributed by atoms with Gasteiger partial charge in [0.2, 0.25) is 0 Å². The second-order valence-corrected chi connectivity index (χ2v) is 3.59. The summed E-state index contributed by atoms with van der Waals surface area (Å²) >= 11 is 0. The maximum atomic E-state index is 3.96. The zero-order valence-electron chi connectivity index (χ0n) is 9.02. The molecule has 0 saturated carbocycles. The number of fused-ring (bicyclic) bond motifs is 1. The normalized spacial score (nSPS) is 10.3. The average Bonchev–Trinajstić information content (AvgIpc) is 2.59. The zero-order valence-corrected chi connectivity index (χ0v) is 11.9. The molecule has 14 heavy (non-hydrogen) atoms. The van der Waals surface area contributed by atoms with Crippen LogP contribution in [0.25, 0.3) is 10.9 Å². The van der Waals surface area contributed by atoms with E-state index in [-0.39, 0.29) is 32.7 Å². The molecule has 0 amide bonds. The molecule has 0 atom stereocenters. The van der Waals surface area contributed by atoms with Gasteiger partial charge in [0.1, 0.15) is 0 Å². The van der Waals surface area contributed by atoms with E-state index in [1.54, 1.807) is 0 Å². The summed E-state index contributed by atoms with van der Waals surface area (Å²) in [4.78, 5) is 0. The molecule has 1 aromatic carbocycles. The van der Waals surface area contributed by atoms with Gasteiger partial charge in [0.05, 0.1) is 0 Å². The number of aryl methyl sites for hydroxylation is 2.